The number of piperazine rings is 1. The Labute approximate surface area is 170 Å². The molecule has 1 saturated heterocycles. The normalized spacial score (nSPS) is 16.6. The number of H-pyrrole nitrogens is 1. The Hall–Kier alpha value is -2.09. The summed E-state index contributed by atoms with van der Waals surface area (Å²) in [5, 5.41) is 3.36. The lowest BCUT2D eigenvalue weighted by atomic mass is 10.1. The molecule has 7 nitrogen and oxygen atoms in total. The number of fused-ring (bicyclic) bond motifs is 1. The number of rotatable bonds is 4. The van der Waals surface area contributed by atoms with E-state index < -0.39 is 0 Å². The second-order valence-corrected chi connectivity index (χ2v) is 6.40. The van der Waals surface area contributed by atoms with Gasteiger partial charge in [-0.25, -0.2) is 9.97 Å². The van der Waals surface area contributed by atoms with Crippen LogP contribution in [0.25, 0.3) is 11.0 Å². The standard InChI is InChI=1S/C18H22N6O.2ClH/c1-23-10-9-20-18(23)15-12-19-8-11-24(15)17(25)7-6-16-21-13-4-2-3-5-14(13)22-16;;/h2-5,9-10,15,19H,6-8,11-12H2,1H3,(H,21,22);2*1H. The number of benzene rings is 1. The van der Waals surface area contributed by atoms with E-state index in [4.69, 9.17) is 0 Å². The molecule has 1 unspecified atom stereocenters. The van der Waals surface area contributed by atoms with Crippen molar-refractivity contribution in [3.05, 3.63) is 48.3 Å². The third-order valence-corrected chi connectivity index (χ3v) is 4.73. The van der Waals surface area contributed by atoms with Crippen molar-refractivity contribution in [3.8, 4) is 0 Å². The van der Waals surface area contributed by atoms with E-state index in [0.717, 1.165) is 35.8 Å². The summed E-state index contributed by atoms with van der Waals surface area (Å²) in [5.41, 5.74) is 1.95. The number of hydrogen-bond donors (Lipinski definition) is 2. The second kappa shape index (κ2) is 9.21. The number of carbonyl (C=O) groups excluding carboxylic acids is 1. The Morgan fingerprint density at radius 1 is 1.30 bits per heavy atom. The second-order valence-electron chi connectivity index (χ2n) is 6.40. The first-order chi connectivity index (χ1) is 12.2. The smallest absolute Gasteiger partial charge is 0.223 e. The number of halogens is 2. The number of hydrogen-bond acceptors (Lipinski definition) is 4. The van der Waals surface area contributed by atoms with Crippen LogP contribution in [-0.4, -0.2) is 50.0 Å². The summed E-state index contributed by atoms with van der Waals surface area (Å²) < 4.78 is 1.98. The van der Waals surface area contributed by atoms with Crippen molar-refractivity contribution in [1.29, 1.82) is 0 Å². The van der Waals surface area contributed by atoms with E-state index >= 15 is 0 Å². The van der Waals surface area contributed by atoms with E-state index in [-0.39, 0.29) is 36.8 Å². The maximum absolute atomic E-state index is 12.8. The summed E-state index contributed by atoms with van der Waals surface area (Å²) in [6, 6.07) is 7.91. The molecule has 1 aliphatic heterocycles. The van der Waals surface area contributed by atoms with Gasteiger partial charge >= 0.3 is 0 Å². The maximum Gasteiger partial charge on any atom is 0.223 e. The van der Waals surface area contributed by atoms with Gasteiger partial charge in [-0.15, -0.1) is 24.8 Å². The highest BCUT2D eigenvalue weighted by molar-refractivity contribution is 5.85. The maximum atomic E-state index is 12.8. The van der Waals surface area contributed by atoms with Crippen LogP contribution in [0, 0.1) is 0 Å². The summed E-state index contributed by atoms with van der Waals surface area (Å²) in [5.74, 6) is 1.93. The number of amides is 1. The van der Waals surface area contributed by atoms with Crippen molar-refractivity contribution in [2.24, 2.45) is 7.05 Å². The van der Waals surface area contributed by atoms with Gasteiger partial charge in [0.2, 0.25) is 5.91 Å². The summed E-state index contributed by atoms with van der Waals surface area (Å²) >= 11 is 0. The van der Waals surface area contributed by atoms with E-state index in [1.165, 1.54) is 0 Å². The molecule has 0 spiro atoms. The van der Waals surface area contributed by atoms with Gasteiger partial charge in [-0.3, -0.25) is 4.79 Å². The molecule has 1 aromatic carbocycles. The SMILES string of the molecule is Cl.Cl.Cn1ccnc1C1CNCCN1C(=O)CCc1nc2ccccc2[nH]1. The molecule has 1 aliphatic rings. The Morgan fingerprint density at radius 2 is 2.11 bits per heavy atom. The molecule has 146 valence electrons. The van der Waals surface area contributed by atoms with Gasteiger partial charge in [0.25, 0.3) is 0 Å². The number of imidazole rings is 2. The fraction of sp³-hybridized carbons (Fsp3) is 0.389. The van der Waals surface area contributed by atoms with Crippen LogP contribution >= 0.6 is 24.8 Å². The predicted octanol–water partition coefficient (Wildman–Crippen LogP) is 2.25. The van der Waals surface area contributed by atoms with Crippen molar-refractivity contribution < 1.29 is 4.79 Å². The van der Waals surface area contributed by atoms with Gasteiger partial charge < -0.3 is 19.8 Å². The van der Waals surface area contributed by atoms with Crippen molar-refractivity contribution >= 4 is 41.8 Å². The van der Waals surface area contributed by atoms with Crippen molar-refractivity contribution in [2.45, 2.75) is 18.9 Å². The van der Waals surface area contributed by atoms with E-state index in [0.29, 0.717) is 19.4 Å². The predicted molar refractivity (Wildman–Crippen MR) is 109 cm³/mol. The first-order valence-corrected chi connectivity index (χ1v) is 8.63. The van der Waals surface area contributed by atoms with Crippen molar-refractivity contribution in [3.63, 3.8) is 0 Å². The molecule has 4 rings (SSSR count). The summed E-state index contributed by atoms with van der Waals surface area (Å²) in [7, 11) is 1.97. The Bertz CT molecular complexity index is 860. The van der Waals surface area contributed by atoms with Crippen LogP contribution < -0.4 is 5.32 Å². The number of aromatic nitrogens is 4. The van der Waals surface area contributed by atoms with E-state index in [1.807, 2.05) is 47.0 Å². The van der Waals surface area contributed by atoms with Gasteiger partial charge in [-0.2, -0.15) is 0 Å². The monoisotopic (exact) mass is 410 g/mol. The van der Waals surface area contributed by atoms with Gasteiger partial charge in [0.05, 0.1) is 11.0 Å². The minimum Gasteiger partial charge on any atom is -0.342 e. The average Bonchev–Trinajstić information content (AvgIpc) is 3.25. The number of nitrogens with one attached hydrogen (secondary N) is 2. The van der Waals surface area contributed by atoms with Crippen LogP contribution in [0.2, 0.25) is 0 Å². The largest absolute Gasteiger partial charge is 0.342 e. The molecule has 3 aromatic rings. The van der Waals surface area contributed by atoms with Gasteiger partial charge in [0.15, 0.2) is 0 Å². The third-order valence-electron chi connectivity index (χ3n) is 4.73. The van der Waals surface area contributed by atoms with Crippen LogP contribution in [0.3, 0.4) is 0 Å². The average molecular weight is 411 g/mol. The fourth-order valence-electron chi connectivity index (χ4n) is 3.42. The van der Waals surface area contributed by atoms with E-state index in [1.54, 1.807) is 6.20 Å². The van der Waals surface area contributed by atoms with Gasteiger partial charge in [0, 0.05) is 51.9 Å². The Morgan fingerprint density at radius 3 is 2.85 bits per heavy atom. The van der Waals surface area contributed by atoms with Gasteiger partial charge in [0.1, 0.15) is 17.7 Å². The Kier molecular flexibility index (Phi) is 7.24. The molecule has 0 saturated carbocycles. The summed E-state index contributed by atoms with van der Waals surface area (Å²) in [4.78, 5) is 27.0. The van der Waals surface area contributed by atoms with Gasteiger partial charge in [-0.1, -0.05) is 12.1 Å². The van der Waals surface area contributed by atoms with Crippen LogP contribution in [-0.2, 0) is 18.3 Å². The highest BCUT2D eigenvalue weighted by Gasteiger charge is 2.30. The van der Waals surface area contributed by atoms with Crippen LogP contribution in [0.4, 0.5) is 0 Å². The molecule has 3 heterocycles. The number of aromatic amines is 1. The minimum atomic E-state index is -0.0167. The van der Waals surface area contributed by atoms with Crippen molar-refractivity contribution in [1.82, 2.24) is 29.7 Å². The zero-order valence-electron chi connectivity index (χ0n) is 15.1. The molecule has 0 radical (unpaired) electrons. The van der Waals surface area contributed by atoms with E-state index in [9.17, 15) is 4.79 Å². The Balaban J connectivity index is 0.00000131. The van der Waals surface area contributed by atoms with Gasteiger partial charge in [-0.05, 0) is 12.1 Å². The topological polar surface area (TPSA) is 78.8 Å². The number of para-hydroxylation sites is 2. The molecule has 1 amide bonds. The molecule has 2 aromatic heterocycles. The number of nitrogens with zero attached hydrogens (tertiary/aromatic N) is 4. The molecule has 9 heteroatoms. The molecule has 0 bridgehead atoms. The molecule has 27 heavy (non-hydrogen) atoms. The number of aryl methyl sites for hydroxylation is 2. The minimum absolute atomic E-state index is 0. The first kappa shape index (κ1) is 21.2. The zero-order valence-corrected chi connectivity index (χ0v) is 16.7. The highest BCUT2D eigenvalue weighted by atomic mass is 35.5. The molecule has 1 fully saturated rings. The van der Waals surface area contributed by atoms with E-state index in [2.05, 4.69) is 20.3 Å². The molecular formula is C18H24Cl2N6O. The van der Waals surface area contributed by atoms with Crippen LogP contribution in [0.1, 0.15) is 24.1 Å². The molecule has 2 N–H and O–H groups in total. The molecule has 0 aliphatic carbocycles. The lowest BCUT2D eigenvalue weighted by Crippen LogP contribution is -2.49. The lowest BCUT2D eigenvalue weighted by molar-refractivity contribution is -0.134. The third kappa shape index (κ3) is 4.43. The summed E-state index contributed by atoms with van der Waals surface area (Å²) in [6.07, 6.45) is 4.76. The lowest BCUT2D eigenvalue weighted by Gasteiger charge is -2.35. The van der Waals surface area contributed by atoms with Crippen LogP contribution in [0.15, 0.2) is 36.7 Å². The zero-order chi connectivity index (χ0) is 17.2. The van der Waals surface area contributed by atoms with Crippen molar-refractivity contribution in [2.75, 3.05) is 19.6 Å². The summed E-state index contributed by atoms with van der Waals surface area (Å²) in [6.45, 7) is 2.26. The fourth-order valence-corrected chi connectivity index (χ4v) is 3.42. The number of carbonyl (C=O) groups is 1. The molecule has 1 atom stereocenters. The highest BCUT2D eigenvalue weighted by Crippen LogP contribution is 2.22. The molecular weight excluding hydrogens is 387 g/mol. The van der Waals surface area contributed by atoms with Crippen LogP contribution in [0.5, 0.6) is 0 Å². The quantitative estimate of drug-likeness (QED) is 0.690. The first-order valence-electron chi connectivity index (χ1n) is 8.63.